The Balaban J connectivity index is 1.83. The van der Waals surface area contributed by atoms with Crippen LogP contribution in [0.5, 0.6) is 5.75 Å². The summed E-state index contributed by atoms with van der Waals surface area (Å²) in [6.07, 6.45) is 0. The molecule has 0 unspecified atom stereocenters. The van der Waals surface area contributed by atoms with E-state index in [0.29, 0.717) is 37.7 Å². The highest BCUT2D eigenvalue weighted by molar-refractivity contribution is 7.92. The number of sulfonamides is 1. The highest BCUT2D eigenvalue weighted by Gasteiger charge is 2.29. The van der Waals surface area contributed by atoms with E-state index < -0.39 is 10.0 Å². The molecule has 32 heavy (non-hydrogen) atoms. The minimum absolute atomic E-state index is 0.118. The first-order valence-electron chi connectivity index (χ1n) is 10.6. The van der Waals surface area contributed by atoms with Crippen molar-refractivity contribution < 1.29 is 22.7 Å². The second kappa shape index (κ2) is 10.8. The van der Waals surface area contributed by atoms with Gasteiger partial charge in [0.2, 0.25) is 5.91 Å². The first-order chi connectivity index (χ1) is 15.3. The van der Waals surface area contributed by atoms with Crippen molar-refractivity contribution >= 4 is 21.6 Å². The van der Waals surface area contributed by atoms with Gasteiger partial charge in [-0.2, -0.15) is 0 Å². The Morgan fingerprint density at radius 3 is 2.41 bits per heavy atom. The third kappa shape index (κ3) is 5.99. The van der Waals surface area contributed by atoms with Crippen molar-refractivity contribution in [3.05, 3.63) is 53.6 Å². The minimum Gasteiger partial charge on any atom is -0.495 e. The molecule has 174 valence electrons. The number of rotatable bonds is 9. The van der Waals surface area contributed by atoms with Gasteiger partial charge in [-0.25, -0.2) is 8.42 Å². The molecular formula is C23H31N3O5S. The molecule has 0 aromatic heterocycles. The molecule has 1 aliphatic rings. The van der Waals surface area contributed by atoms with E-state index in [1.165, 1.54) is 7.11 Å². The smallest absolute Gasteiger partial charge is 0.264 e. The average molecular weight is 462 g/mol. The summed E-state index contributed by atoms with van der Waals surface area (Å²) >= 11 is 0. The number of nitrogens with one attached hydrogen (secondary N) is 1. The van der Waals surface area contributed by atoms with E-state index in [4.69, 9.17) is 9.47 Å². The van der Waals surface area contributed by atoms with Gasteiger partial charge in [0.25, 0.3) is 10.0 Å². The molecule has 0 spiro atoms. The van der Waals surface area contributed by atoms with Crippen molar-refractivity contribution in [1.29, 1.82) is 0 Å². The predicted molar refractivity (Wildman–Crippen MR) is 124 cm³/mol. The summed E-state index contributed by atoms with van der Waals surface area (Å²) in [5, 5.41) is 2.85. The zero-order valence-electron chi connectivity index (χ0n) is 18.8. The third-order valence-electron chi connectivity index (χ3n) is 5.35. The van der Waals surface area contributed by atoms with Gasteiger partial charge in [0.05, 0.1) is 30.9 Å². The van der Waals surface area contributed by atoms with E-state index >= 15 is 0 Å². The Morgan fingerprint density at radius 2 is 1.75 bits per heavy atom. The average Bonchev–Trinajstić information content (AvgIpc) is 2.78. The SMILES string of the molecule is COc1ccc(C)cc1N(CC(=O)NCCN1CCOCC1)S(=O)(=O)c1ccc(C)cc1. The molecule has 1 saturated heterocycles. The molecule has 1 aliphatic heterocycles. The van der Waals surface area contributed by atoms with Crippen molar-refractivity contribution in [2.75, 3.05) is 57.4 Å². The number of hydrogen-bond acceptors (Lipinski definition) is 6. The van der Waals surface area contributed by atoms with Crippen molar-refractivity contribution in [3.8, 4) is 5.75 Å². The van der Waals surface area contributed by atoms with Crippen LogP contribution < -0.4 is 14.4 Å². The number of ether oxygens (including phenoxy) is 2. The highest BCUT2D eigenvalue weighted by Crippen LogP contribution is 2.33. The van der Waals surface area contributed by atoms with Crippen molar-refractivity contribution in [2.45, 2.75) is 18.7 Å². The first-order valence-corrected chi connectivity index (χ1v) is 12.1. The Hall–Kier alpha value is -2.62. The minimum atomic E-state index is -4.00. The Morgan fingerprint density at radius 1 is 1.09 bits per heavy atom. The molecule has 1 fully saturated rings. The second-order valence-electron chi connectivity index (χ2n) is 7.80. The number of morpholine rings is 1. The fraction of sp³-hybridized carbons (Fsp3) is 0.435. The van der Waals surface area contributed by atoms with E-state index in [1.807, 2.05) is 19.9 Å². The molecule has 0 aliphatic carbocycles. The number of amides is 1. The van der Waals surface area contributed by atoms with E-state index in [9.17, 15) is 13.2 Å². The number of carbonyl (C=O) groups excluding carboxylic acids is 1. The lowest BCUT2D eigenvalue weighted by atomic mass is 10.2. The molecule has 1 N–H and O–H groups in total. The zero-order valence-corrected chi connectivity index (χ0v) is 19.7. The number of carbonyl (C=O) groups is 1. The first kappa shape index (κ1) is 24.0. The number of hydrogen-bond donors (Lipinski definition) is 1. The molecule has 1 heterocycles. The van der Waals surface area contributed by atoms with Crippen LogP contribution in [0.1, 0.15) is 11.1 Å². The van der Waals surface area contributed by atoms with Gasteiger partial charge in [-0.15, -0.1) is 0 Å². The summed E-state index contributed by atoms with van der Waals surface area (Å²) < 4.78 is 39.0. The predicted octanol–water partition coefficient (Wildman–Crippen LogP) is 1.96. The molecule has 8 nitrogen and oxygen atoms in total. The molecule has 0 atom stereocenters. The van der Waals surface area contributed by atoms with Gasteiger partial charge in [-0.05, 0) is 43.7 Å². The fourth-order valence-electron chi connectivity index (χ4n) is 3.50. The van der Waals surface area contributed by atoms with E-state index in [1.54, 1.807) is 36.4 Å². The summed E-state index contributed by atoms with van der Waals surface area (Å²) in [4.78, 5) is 15.1. The normalized spacial score (nSPS) is 14.7. The second-order valence-corrected chi connectivity index (χ2v) is 9.67. The zero-order chi connectivity index (χ0) is 23.1. The number of aryl methyl sites for hydroxylation is 2. The lowest BCUT2D eigenvalue weighted by Gasteiger charge is -2.27. The molecular weight excluding hydrogens is 430 g/mol. The topological polar surface area (TPSA) is 88.2 Å². The van der Waals surface area contributed by atoms with Crippen LogP contribution in [-0.2, 0) is 19.6 Å². The summed E-state index contributed by atoms with van der Waals surface area (Å²) in [6, 6.07) is 11.8. The van der Waals surface area contributed by atoms with Crippen LogP contribution in [0, 0.1) is 13.8 Å². The lowest BCUT2D eigenvalue weighted by Crippen LogP contribution is -2.45. The van der Waals surface area contributed by atoms with Crippen molar-refractivity contribution in [3.63, 3.8) is 0 Å². The van der Waals surface area contributed by atoms with E-state index in [-0.39, 0.29) is 17.3 Å². The van der Waals surface area contributed by atoms with Gasteiger partial charge in [0.15, 0.2) is 0 Å². The molecule has 9 heteroatoms. The maximum Gasteiger partial charge on any atom is 0.264 e. The summed E-state index contributed by atoms with van der Waals surface area (Å²) in [6.45, 7) is 7.54. The fourth-order valence-corrected chi connectivity index (χ4v) is 4.92. The Bertz CT molecular complexity index is 1020. The third-order valence-corrected chi connectivity index (χ3v) is 7.13. The molecule has 3 rings (SSSR count). The van der Waals surface area contributed by atoms with Crippen LogP contribution in [0.3, 0.4) is 0 Å². The van der Waals surface area contributed by atoms with Gasteiger partial charge in [0.1, 0.15) is 12.3 Å². The number of methoxy groups -OCH3 is 1. The molecule has 0 saturated carbocycles. The lowest BCUT2D eigenvalue weighted by molar-refractivity contribution is -0.119. The molecule has 0 bridgehead atoms. The summed E-state index contributed by atoms with van der Waals surface area (Å²) in [5.41, 5.74) is 2.14. The largest absolute Gasteiger partial charge is 0.495 e. The van der Waals surface area contributed by atoms with Crippen LogP contribution in [0.4, 0.5) is 5.69 Å². The summed E-state index contributed by atoms with van der Waals surface area (Å²) in [5.74, 6) is 0.00455. The maximum absolute atomic E-state index is 13.5. The van der Waals surface area contributed by atoms with Gasteiger partial charge >= 0.3 is 0 Å². The number of benzene rings is 2. The monoisotopic (exact) mass is 461 g/mol. The summed E-state index contributed by atoms with van der Waals surface area (Å²) in [7, 11) is -2.52. The van der Waals surface area contributed by atoms with E-state index in [2.05, 4.69) is 10.2 Å². The highest BCUT2D eigenvalue weighted by atomic mass is 32.2. The van der Waals surface area contributed by atoms with Crippen LogP contribution in [0.15, 0.2) is 47.4 Å². The molecule has 2 aromatic carbocycles. The van der Waals surface area contributed by atoms with Crippen molar-refractivity contribution in [1.82, 2.24) is 10.2 Å². The van der Waals surface area contributed by atoms with Gasteiger partial charge < -0.3 is 14.8 Å². The number of anilines is 1. The van der Waals surface area contributed by atoms with Crippen LogP contribution >= 0.6 is 0 Å². The Kier molecular flexibility index (Phi) is 8.11. The molecule has 0 radical (unpaired) electrons. The van der Waals surface area contributed by atoms with Gasteiger partial charge in [-0.1, -0.05) is 23.8 Å². The molecule has 1 amide bonds. The van der Waals surface area contributed by atoms with Gasteiger partial charge in [-0.3, -0.25) is 14.0 Å². The quantitative estimate of drug-likeness (QED) is 0.614. The standard InChI is InChI=1S/C23H31N3O5S/c1-18-4-7-20(8-5-18)32(28,29)26(21-16-19(2)6-9-22(21)30-3)17-23(27)24-10-11-25-12-14-31-15-13-25/h4-9,16H,10-15,17H2,1-3H3,(H,24,27). The van der Waals surface area contributed by atoms with Crippen LogP contribution in [0.25, 0.3) is 0 Å². The van der Waals surface area contributed by atoms with Crippen LogP contribution in [0.2, 0.25) is 0 Å². The van der Waals surface area contributed by atoms with Crippen LogP contribution in [-0.4, -0.2) is 72.3 Å². The Labute approximate surface area is 190 Å². The van der Waals surface area contributed by atoms with Crippen molar-refractivity contribution in [2.24, 2.45) is 0 Å². The number of nitrogens with zero attached hydrogens (tertiary/aromatic N) is 2. The van der Waals surface area contributed by atoms with Gasteiger partial charge in [0, 0.05) is 26.2 Å². The maximum atomic E-state index is 13.5. The van der Waals surface area contributed by atoms with E-state index in [0.717, 1.165) is 28.5 Å². The molecule has 2 aromatic rings.